The second-order valence-electron chi connectivity index (χ2n) is 7.03. The van der Waals surface area contributed by atoms with Crippen LogP contribution in [0.4, 0.5) is 0 Å². The van der Waals surface area contributed by atoms with Crippen LogP contribution >= 0.6 is 0 Å². The van der Waals surface area contributed by atoms with Crippen molar-refractivity contribution in [1.82, 2.24) is 3.97 Å². The van der Waals surface area contributed by atoms with Gasteiger partial charge in [0.15, 0.2) is 0 Å². The Hall–Kier alpha value is -2.11. The summed E-state index contributed by atoms with van der Waals surface area (Å²) in [5.74, 6) is 0. The van der Waals surface area contributed by atoms with Gasteiger partial charge >= 0.3 is 0 Å². The third-order valence-electron chi connectivity index (χ3n) is 5.42. The van der Waals surface area contributed by atoms with Crippen molar-refractivity contribution in [2.75, 3.05) is 0 Å². The fourth-order valence-electron chi connectivity index (χ4n) is 4.09. The number of aromatic nitrogens is 1. The summed E-state index contributed by atoms with van der Waals surface area (Å²) in [6.07, 6.45) is 10.6. The van der Waals surface area contributed by atoms with E-state index in [4.69, 9.17) is 4.74 Å². The third kappa shape index (κ3) is 2.26. The zero-order chi connectivity index (χ0) is 17.2. The fraction of sp³-hybridized carbons (Fsp3) is 0.300. The number of nitrogens with zero attached hydrogens (tertiary/aromatic N) is 1. The average molecular weight is 353 g/mol. The van der Waals surface area contributed by atoms with Crippen LogP contribution in [0.5, 0.6) is 0 Å². The molecule has 0 saturated carbocycles. The average Bonchev–Trinajstić information content (AvgIpc) is 3.22. The van der Waals surface area contributed by atoms with Gasteiger partial charge in [-0.1, -0.05) is 29.8 Å². The molecular formula is C20H19NO3S. The van der Waals surface area contributed by atoms with Crippen molar-refractivity contribution < 1.29 is 13.2 Å². The van der Waals surface area contributed by atoms with Crippen molar-refractivity contribution in [1.29, 1.82) is 0 Å². The number of hydrogen-bond donors (Lipinski definition) is 0. The minimum atomic E-state index is -3.57. The van der Waals surface area contributed by atoms with Crippen LogP contribution in [0.25, 0.3) is 0 Å². The molecule has 5 heteroatoms. The highest BCUT2D eigenvalue weighted by Crippen LogP contribution is 2.46. The number of fused-ring (bicyclic) bond motifs is 6. The third-order valence-corrected chi connectivity index (χ3v) is 7.06. The van der Waals surface area contributed by atoms with Gasteiger partial charge in [-0.15, -0.1) is 0 Å². The van der Waals surface area contributed by atoms with Crippen LogP contribution in [0.15, 0.2) is 64.9 Å². The molecule has 1 aromatic heterocycles. The Balaban J connectivity index is 1.56. The number of hydrogen-bond acceptors (Lipinski definition) is 3. The monoisotopic (exact) mass is 353 g/mol. The lowest BCUT2D eigenvalue weighted by Crippen LogP contribution is -2.32. The van der Waals surface area contributed by atoms with E-state index in [1.165, 1.54) is 15.1 Å². The summed E-state index contributed by atoms with van der Waals surface area (Å²) in [5, 5.41) is 0. The largest absolute Gasteiger partial charge is 0.365 e. The highest BCUT2D eigenvalue weighted by atomic mass is 32.2. The van der Waals surface area contributed by atoms with Crippen molar-refractivity contribution in [2.45, 2.75) is 43.3 Å². The van der Waals surface area contributed by atoms with Crippen LogP contribution in [0, 0.1) is 6.92 Å². The molecule has 0 amide bonds. The summed E-state index contributed by atoms with van der Waals surface area (Å²) in [5.41, 5.74) is 5.82. The number of benzene rings is 1. The van der Waals surface area contributed by atoms with Crippen LogP contribution < -0.4 is 0 Å². The summed E-state index contributed by atoms with van der Waals surface area (Å²) < 4.78 is 33.5. The van der Waals surface area contributed by atoms with E-state index in [1.807, 2.05) is 19.1 Å². The van der Waals surface area contributed by atoms with Crippen LogP contribution in [0.1, 0.15) is 35.6 Å². The molecule has 3 heterocycles. The molecular weight excluding hydrogens is 334 g/mol. The van der Waals surface area contributed by atoms with Crippen LogP contribution in [0.2, 0.25) is 0 Å². The van der Waals surface area contributed by atoms with Gasteiger partial charge < -0.3 is 4.74 Å². The minimum Gasteiger partial charge on any atom is -0.365 e. The number of aryl methyl sites for hydroxylation is 1. The van der Waals surface area contributed by atoms with E-state index in [2.05, 4.69) is 12.2 Å². The molecule has 2 aliphatic heterocycles. The summed E-state index contributed by atoms with van der Waals surface area (Å²) >= 11 is 0. The second-order valence-corrected chi connectivity index (χ2v) is 8.88. The van der Waals surface area contributed by atoms with Gasteiger partial charge in [0.1, 0.15) is 0 Å². The maximum absolute atomic E-state index is 13.0. The lowest BCUT2D eigenvalue weighted by molar-refractivity contribution is -0.0176. The molecule has 3 aliphatic rings. The van der Waals surface area contributed by atoms with Gasteiger partial charge in [-0.3, -0.25) is 0 Å². The molecule has 2 atom stereocenters. The molecule has 1 aromatic carbocycles. The Morgan fingerprint density at radius 2 is 1.84 bits per heavy atom. The molecule has 1 aliphatic carbocycles. The lowest BCUT2D eigenvalue weighted by Gasteiger charge is -2.37. The smallest absolute Gasteiger partial charge is 0.267 e. The summed E-state index contributed by atoms with van der Waals surface area (Å²) in [6.45, 7) is 1.95. The number of ether oxygens (including phenoxy) is 1. The van der Waals surface area contributed by atoms with Gasteiger partial charge in [0.25, 0.3) is 10.0 Å². The highest BCUT2D eigenvalue weighted by molar-refractivity contribution is 7.90. The molecule has 1 saturated heterocycles. The Kier molecular flexibility index (Phi) is 3.15. The highest BCUT2D eigenvalue weighted by Gasteiger charge is 2.38. The van der Waals surface area contributed by atoms with E-state index in [9.17, 15) is 8.42 Å². The van der Waals surface area contributed by atoms with E-state index in [1.54, 1.807) is 24.5 Å². The molecule has 5 rings (SSSR count). The fourth-order valence-corrected chi connectivity index (χ4v) is 5.34. The molecule has 2 unspecified atom stereocenters. The summed E-state index contributed by atoms with van der Waals surface area (Å²) in [7, 11) is -3.57. The first-order valence-electron chi connectivity index (χ1n) is 8.60. The van der Waals surface area contributed by atoms with Crippen molar-refractivity contribution >= 4 is 10.0 Å². The van der Waals surface area contributed by atoms with Gasteiger partial charge in [-0.25, -0.2) is 12.4 Å². The number of allylic oxidation sites excluding steroid dienone is 2. The van der Waals surface area contributed by atoms with Crippen molar-refractivity contribution in [3.05, 3.63) is 76.6 Å². The lowest BCUT2D eigenvalue weighted by atomic mass is 9.84. The standard InChI is InChI=1S/C20H19NO3S/c1-13-5-7-16(8-6-13)25(22,23)21-11-15-10-19-17-4-2-3-14(17)9-20(24-19)18(15)12-21/h3-8,11-12,19-20H,2,9-10H2,1H3. The van der Waals surface area contributed by atoms with Crippen molar-refractivity contribution in [2.24, 2.45) is 0 Å². The molecule has 25 heavy (non-hydrogen) atoms. The molecule has 4 nitrogen and oxygen atoms in total. The topological polar surface area (TPSA) is 48.3 Å². The summed E-state index contributed by atoms with van der Waals surface area (Å²) in [4.78, 5) is 0.316. The minimum absolute atomic E-state index is 0.0373. The SMILES string of the molecule is Cc1ccc(S(=O)(=O)n2cc3c(c2)C2CC4=CCC=C4C(C3)O2)cc1. The first kappa shape index (κ1) is 15.2. The van der Waals surface area contributed by atoms with Gasteiger partial charge in [0.2, 0.25) is 0 Å². The van der Waals surface area contributed by atoms with Gasteiger partial charge in [0, 0.05) is 30.8 Å². The summed E-state index contributed by atoms with van der Waals surface area (Å²) in [6, 6.07) is 6.98. The zero-order valence-corrected chi connectivity index (χ0v) is 14.8. The van der Waals surface area contributed by atoms with Crippen molar-refractivity contribution in [3.8, 4) is 0 Å². The predicted octanol–water partition coefficient (Wildman–Crippen LogP) is 3.68. The first-order valence-corrected chi connectivity index (χ1v) is 10.0. The molecule has 1 fully saturated rings. The van der Waals surface area contributed by atoms with E-state index >= 15 is 0 Å². The van der Waals surface area contributed by atoms with E-state index in [0.717, 1.165) is 36.0 Å². The molecule has 128 valence electrons. The first-order chi connectivity index (χ1) is 12.0. The molecule has 0 radical (unpaired) electrons. The molecule has 0 N–H and O–H groups in total. The molecule has 2 bridgehead atoms. The van der Waals surface area contributed by atoms with Crippen LogP contribution in [-0.4, -0.2) is 18.5 Å². The quantitative estimate of drug-likeness (QED) is 0.827. The molecule has 2 aromatic rings. The maximum Gasteiger partial charge on any atom is 0.267 e. The van der Waals surface area contributed by atoms with Gasteiger partial charge in [0.05, 0.1) is 17.1 Å². The molecule has 0 spiro atoms. The van der Waals surface area contributed by atoms with Crippen LogP contribution in [-0.2, 0) is 21.2 Å². The van der Waals surface area contributed by atoms with E-state index < -0.39 is 10.0 Å². The Morgan fingerprint density at radius 1 is 1.04 bits per heavy atom. The second kappa shape index (κ2) is 5.19. The Morgan fingerprint density at radius 3 is 2.64 bits per heavy atom. The Labute approximate surface area is 147 Å². The van der Waals surface area contributed by atoms with Crippen LogP contribution in [0.3, 0.4) is 0 Å². The Bertz CT molecular complexity index is 1030. The predicted molar refractivity (Wildman–Crippen MR) is 94.9 cm³/mol. The van der Waals surface area contributed by atoms with Gasteiger partial charge in [-0.2, -0.15) is 0 Å². The zero-order valence-electron chi connectivity index (χ0n) is 14.0. The van der Waals surface area contributed by atoms with Crippen molar-refractivity contribution in [3.63, 3.8) is 0 Å². The van der Waals surface area contributed by atoms with E-state index in [-0.39, 0.29) is 12.2 Å². The van der Waals surface area contributed by atoms with Gasteiger partial charge in [-0.05, 0) is 42.2 Å². The van der Waals surface area contributed by atoms with E-state index in [0.29, 0.717) is 4.90 Å². The normalized spacial score (nSPS) is 24.4. The number of rotatable bonds is 2. The maximum atomic E-state index is 13.0.